The fraction of sp³-hybridized carbons (Fsp3) is 0. The van der Waals surface area contributed by atoms with Crippen molar-refractivity contribution in [3.05, 3.63) is 34.1 Å². The lowest BCUT2D eigenvalue weighted by atomic mass is 10.3. The Morgan fingerprint density at radius 3 is 2.84 bits per heavy atom. The number of carbonyl (C=O) groups is 1. The molecule has 1 aromatic heterocycles. The molecule has 0 spiro atoms. The number of benzene rings is 1. The van der Waals surface area contributed by atoms with Gasteiger partial charge in [0.05, 0.1) is 5.02 Å². The predicted octanol–water partition coefficient (Wildman–Crippen LogP) is 2.41. The highest BCUT2D eigenvalue weighted by Crippen LogP contribution is 2.27. The summed E-state index contributed by atoms with van der Waals surface area (Å²) in [4.78, 5) is 19.8. The van der Waals surface area contributed by atoms with E-state index in [0.717, 1.165) is 11.5 Å². The molecule has 2 N–H and O–H groups in total. The van der Waals surface area contributed by atoms with Crippen molar-refractivity contribution in [1.82, 2.24) is 9.36 Å². The molecule has 0 fully saturated rings. The first-order valence-electron chi connectivity index (χ1n) is 4.85. The van der Waals surface area contributed by atoms with Crippen molar-refractivity contribution < 1.29 is 9.63 Å². The highest BCUT2D eigenvalue weighted by atomic mass is 35.5. The highest BCUT2D eigenvalue weighted by Gasteiger charge is 2.10. The van der Waals surface area contributed by atoms with Gasteiger partial charge in [-0.2, -0.15) is 9.36 Å². The molecule has 0 amide bonds. The van der Waals surface area contributed by atoms with Gasteiger partial charge in [-0.3, -0.25) is 4.79 Å². The quantitative estimate of drug-likeness (QED) is 0.531. The van der Waals surface area contributed by atoms with Gasteiger partial charge in [0.1, 0.15) is 0 Å². The monoisotopic (exact) mass is 316 g/mol. The number of nitrogens with zero attached hydrogens (tertiary/aromatic N) is 3. The second-order valence-electron chi connectivity index (χ2n) is 3.22. The zero-order chi connectivity index (χ0) is 13.8. The normalized spacial score (nSPS) is 11.4. The summed E-state index contributed by atoms with van der Waals surface area (Å²) < 4.78 is 3.85. The Morgan fingerprint density at radius 2 is 2.26 bits per heavy atom. The predicted molar refractivity (Wildman–Crippen MR) is 74.0 cm³/mol. The molecule has 0 radical (unpaired) electrons. The Hall–Kier alpha value is -1.70. The van der Waals surface area contributed by atoms with Crippen LogP contribution in [0.1, 0.15) is 5.82 Å². The standard InChI is InChI=1S/C10H6Cl2N4O2S/c11-5-1-2-8(6(12)3-5)18-15-7(4-17)9-14-10(13)19-16-9/h1-4H,(H2,13,14,16). The number of aromatic nitrogens is 2. The van der Waals surface area contributed by atoms with Crippen LogP contribution in [0, 0.1) is 0 Å². The van der Waals surface area contributed by atoms with E-state index in [9.17, 15) is 4.79 Å². The van der Waals surface area contributed by atoms with Crippen LogP contribution in [0.25, 0.3) is 0 Å². The number of aldehydes is 1. The summed E-state index contributed by atoms with van der Waals surface area (Å²) in [6.07, 6.45) is 0.464. The number of oxime groups is 1. The van der Waals surface area contributed by atoms with Crippen LogP contribution < -0.4 is 10.6 Å². The summed E-state index contributed by atoms with van der Waals surface area (Å²) in [6.45, 7) is 0. The van der Waals surface area contributed by atoms with E-state index >= 15 is 0 Å². The number of halogens is 2. The smallest absolute Gasteiger partial charge is 0.200 e. The Morgan fingerprint density at radius 1 is 1.47 bits per heavy atom. The summed E-state index contributed by atoms with van der Waals surface area (Å²) >= 11 is 12.6. The maximum absolute atomic E-state index is 10.9. The summed E-state index contributed by atoms with van der Waals surface area (Å²) in [6, 6.07) is 4.60. The molecule has 1 aromatic carbocycles. The third-order valence-electron chi connectivity index (χ3n) is 1.92. The van der Waals surface area contributed by atoms with E-state index in [-0.39, 0.29) is 27.4 Å². The van der Waals surface area contributed by atoms with Gasteiger partial charge >= 0.3 is 0 Å². The van der Waals surface area contributed by atoms with Gasteiger partial charge in [-0.05, 0) is 18.2 Å². The lowest BCUT2D eigenvalue weighted by Gasteiger charge is -2.01. The molecule has 0 unspecified atom stereocenters. The molecule has 0 saturated heterocycles. The molecule has 2 rings (SSSR count). The number of nitrogens with two attached hydrogens (primary N) is 1. The molecule has 98 valence electrons. The highest BCUT2D eigenvalue weighted by molar-refractivity contribution is 7.09. The maximum atomic E-state index is 10.9. The molecule has 0 aliphatic carbocycles. The van der Waals surface area contributed by atoms with Crippen molar-refractivity contribution in [3.8, 4) is 5.75 Å². The van der Waals surface area contributed by atoms with E-state index < -0.39 is 0 Å². The summed E-state index contributed by atoms with van der Waals surface area (Å²) in [5.41, 5.74) is 5.33. The first-order chi connectivity index (χ1) is 9.10. The summed E-state index contributed by atoms with van der Waals surface area (Å²) in [5, 5.41) is 4.60. The molecule has 9 heteroatoms. The third-order valence-corrected chi connectivity index (χ3v) is 2.99. The van der Waals surface area contributed by atoms with Gasteiger partial charge in [0, 0.05) is 16.6 Å². The number of nitrogen functional groups attached to an aromatic ring is 1. The average Bonchev–Trinajstić information content (AvgIpc) is 2.79. The molecule has 0 aliphatic rings. The first kappa shape index (κ1) is 13.7. The van der Waals surface area contributed by atoms with Gasteiger partial charge in [-0.1, -0.05) is 28.4 Å². The Kier molecular flexibility index (Phi) is 4.31. The fourth-order valence-corrected chi connectivity index (χ4v) is 1.99. The van der Waals surface area contributed by atoms with Crippen molar-refractivity contribution in [1.29, 1.82) is 0 Å². The zero-order valence-corrected chi connectivity index (χ0v) is 11.5. The molecule has 1 heterocycles. The van der Waals surface area contributed by atoms with Crippen LogP contribution in [0.5, 0.6) is 5.75 Å². The molecule has 0 aliphatic heterocycles. The van der Waals surface area contributed by atoms with Gasteiger partial charge in [0.15, 0.2) is 28.7 Å². The molecular weight excluding hydrogens is 311 g/mol. The largest absolute Gasteiger partial charge is 0.374 e. The minimum atomic E-state index is -0.0843. The van der Waals surface area contributed by atoms with Gasteiger partial charge < -0.3 is 10.6 Å². The van der Waals surface area contributed by atoms with Crippen LogP contribution in [0.3, 0.4) is 0 Å². The SMILES string of the molecule is Nc1nc(C(C=O)=NOc2ccc(Cl)cc2Cl)ns1. The third kappa shape index (κ3) is 3.40. The van der Waals surface area contributed by atoms with Crippen LogP contribution >= 0.6 is 34.7 Å². The molecule has 19 heavy (non-hydrogen) atoms. The Bertz CT molecular complexity index is 644. The number of carbonyl (C=O) groups excluding carboxylic acids is 1. The maximum Gasteiger partial charge on any atom is 0.200 e. The molecule has 0 atom stereocenters. The van der Waals surface area contributed by atoms with Crippen LogP contribution in [-0.4, -0.2) is 21.4 Å². The van der Waals surface area contributed by atoms with Crippen molar-refractivity contribution >= 4 is 51.9 Å². The van der Waals surface area contributed by atoms with Crippen LogP contribution in [0.2, 0.25) is 10.0 Å². The van der Waals surface area contributed by atoms with Crippen LogP contribution in [0.4, 0.5) is 5.13 Å². The van der Waals surface area contributed by atoms with Gasteiger partial charge in [-0.15, -0.1) is 0 Å². The molecule has 6 nitrogen and oxygen atoms in total. The van der Waals surface area contributed by atoms with E-state index in [0.29, 0.717) is 11.3 Å². The van der Waals surface area contributed by atoms with Crippen LogP contribution in [0.15, 0.2) is 23.4 Å². The number of anilines is 1. The van der Waals surface area contributed by atoms with Gasteiger partial charge in [0.25, 0.3) is 0 Å². The van der Waals surface area contributed by atoms with E-state index in [4.69, 9.17) is 33.8 Å². The van der Waals surface area contributed by atoms with Crippen molar-refractivity contribution in [2.24, 2.45) is 5.16 Å². The lowest BCUT2D eigenvalue weighted by Crippen LogP contribution is -2.07. The minimum Gasteiger partial charge on any atom is -0.374 e. The molecule has 2 aromatic rings. The Balaban J connectivity index is 2.22. The van der Waals surface area contributed by atoms with Crippen LogP contribution in [-0.2, 0) is 4.79 Å². The van der Waals surface area contributed by atoms with E-state index in [1.807, 2.05) is 0 Å². The second-order valence-corrected chi connectivity index (χ2v) is 4.84. The molecule has 0 saturated carbocycles. The summed E-state index contributed by atoms with van der Waals surface area (Å²) in [7, 11) is 0. The van der Waals surface area contributed by atoms with Crippen molar-refractivity contribution in [3.63, 3.8) is 0 Å². The van der Waals surface area contributed by atoms with E-state index in [1.165, 1.54) is 12.1 Å². The fourth-order valence-electron chi connectivity index (χ4n) is 1.10. The van der Waals surface area contributed by atoms with Gasteiger partial charge in [0.2, 0.25) is 0 Å². The summed E-state index contributed by atoms with van der Waals surface area (Å²) in [5.74, 6) is 0.358. The van der Waals surface area contributed by atoms with Crippen molar-refractivity contribution in [2.45, 2.75) is 0 Å². The first-order valence-corrected chi connectivity index (χ1v) is 6.38. The van der Waals surface area contributed by atoms with Crippen molar-refractivity contribution in [2.75, 3.05) is 5.73 Å². The second kappa shape index (κ2) is 5.96. The lowest BCUT2D eigenvalue weighted by molar-refractivity contribution is -0.102. The molecular formula is C10H6Cl2N4O2S. The average molecular weight is 317 g/mol. The zero-order valence-electron chi connectivity index (χ0n) is 9.21. The minimum absolute atomic E-state index is 0.0843. The number of hydrogen-bond acceptors (Lipinski definition) is 7. The number of rotatable bonds is 4. The number of hydrogen-bond donors (Lipinski definition) is 1. The Labute approximate surface area is 122 Å². The van der Waals surface area contributed by atoms with E-state index in [2.05, 4.69) is 14.5 Å². The van der Waals surface area contributed by atoms with E-state index in [1.54, 1.807) is 6.07 Å². The molecule has 0 bridgehead atoms. The topological polar surface area (TPSA) is 90.5 Å². The van der Waals surface area contributed by atoms with Gasteiger partial charge in [-0.25, -0.2) is 0 Å².